The normalized spacial score (nSPS) is 11.1. The molecule has 0 aliphatic rings. The molecule has 0 aliphatic heterocycles. The van der Waals surface area contributed by atoms with Crippen LogP contribution in [0.5, 0.6) is 11.5 Å². The molecule has 3 aromatic rings. The van der Waals surface area contributed by atoms with Crippen molar-refractivity contribution in [3.8, 4) is 11.5 Å². The van der Waals surface area contributed by atoms with Crippen LogP contribution in [0.4, 0.5) is 5.82 Å². The van der Waals surface area contributed by atoms with Gasteiger partial charge in [0.15, 0.2) is 17.3 Å². The molecule has 6 nitrogen and oxygen atoms in total. The number of aromatic nitrogens is 2. The fourth-order valence-corrected chi connectivity index (χ4v) is 2.90. The van der Waals surface area contributed by atoms with Crippen LogP contribution in [0, 0.1) is 0 Å². The Morgan fingerprint density at radius 2 is 1.93 bits per heavy atom. The predicted octanol–water partition coefficient (Wildman–Crippen LogP) is 5.03. The number of ether oxygens (including phenoxy) is 2. The number of nitrogens with zero attached hydrogens (tertiary/aromatic N) is 2. The summed E-state index contributed by atoms with van der Waals surface area (Å²) in [6, 6.07) is 14.8. The van der Waals surface area contributed by atoms with Gasteiger partial charge in [-0.1, -0.05) is 29.8 Å². The first-order valence-corrected chi connectivity index (χ1v) is 9.92. The fraction of sp³-hybridized carbons (Fsp3) is 0.217. The molecular formula is C23H24ClN3O3. The average molecular weight is 426 g/mol. The van der Waals surface area contributed by atoms with Crippen LogP contribution in [-0.2, 0) is 11.3 Å². The van der Waals surface area contributed by atoms with Gasteiger partial charge in [-0.25, -0.2) is 0 Å². The summed E-state index contributed by atoms with van der Waals surface area (Å²) in [4.78, 5) is 12.2. The molecule has 1 aromatic heterocycles. The summed E-state index contributed by atoms with van der Waals surface area (Å²) < 4.78 is 12.8. The molecule has 0 bridgehead atoms. The van der Waals surface area contributed by atoms with Crippen LogP contribution in [0.2, 0.25) is 5.02 Å². The van der Waals surface area contributed by atoms with Crippen LogP contribution < -0.4 is 14.8 Å². The molecule has 1 heterocycles. The predicted molar refractivity (Wildman–Crippen MR) is 119 cm³/mol. The minimum Gasteiger partial charge on any atom is -0.493 e. The van der Waals surface area contributed by atoms with Crippen molar-refractivity contribution in [1.82, 2.24) is 9.78 Å². The number of halogens is 1. The van der Waals surface area contributed by atoms with Crippen molar-refractivity contribution in [1.29, 1.82) is 0 Å². The van der Waals surface area contributed by atoms with Gasteiger partial charge in [0, 0.05) is 23.4 Å². The quantitative estimate of drug-likeness (QED) is 0.514. The topological polar surface area (TPSA) is 65.4 Å². The van der Waals surface area contributed by atoms with Gasteiger partial charge < -0.3 is 14.8 Å². The Labute approximate surface area is 181 Å². The Kier molecular flexibility index (Phi) is 7.14. The third-order valence-corrected chi connectivity index (χ3v) is 4.38. The van der Waals surface area contributed by atoms with Crippen LogP contribution in [-0.4, -0.2) is 28.9 Å². The summed E-state index contributed by atoms with van der Waals surface area (Å²) in [5.74, 6) is 1.50. The van der Waals surface area contributed by atoms with Crippen molar-refractivity contribution in [2.24, 2.45) is 0 Å². The number of anilines is 1. The molecule has 0 unspecified atom stereocenters. The van der Waals surface area contributed by atoms with E-state index in [0.717, 1.165) is 11.1 Å². The number of nitrogens with one attached hydrogen (secondary N) is 1. The highest BCUT2D eigenvalue weighted by Crippen LogP contribution is 2.29. The van der Waals surface area contributed by atoms with Gasteiger partial charge in [0.25, 0.3) is 0 Å². The highest BCUT2D eigenvalue weighted by molar-refractivity contribution is 6.30. The standard InChI is InChI=1S/C23H24ClN3O3/c1-16(2)30-20-10-6-17(14-21(20)29-3)7-11-23(28)25-22-12-13-27(26-22)15-18-4-8-19(24)9-5-18/h4-14,16H,15H2,1-3H3,(H,25,26,28)/b11-7+. The molecule has 7 heteroatoms. The summed E-state index contributed by atoms with van der Waals surface area (Å²) in [6.07, 6.45) is 5.02. The minimum atomic E-state index is -0.270. The summed E-state index contributed by atoms with van der Waals surface area (Å²) in [7, 11) is 1.59. The number of hydrogen-bond donors (Lipinski definition) is 1. The van der Waals surface area contributed by atoms with Gasteiger partial charge in [-0.15, -0.1) is 0 Å². The lowest BCUT2D eigenvalue weighted by Crippen LogP contribution is -2.09. The maximum Gasteiger partial charge on any atom is 0.249 e. The SMILES string of the molecule is COc1cc(/C=C/C(=O)Nc2ccn(Cc3ccc(Cl)cc3)n2)ccc1OC(C)C. The van der Waals surface area contributed by atoms with Crippen molar-refractivity contribution in [3.05, 3.63) is 77.0 Å². The largest absolute Gasteiger partial charge is 0.493 e. The van der Waals surface area contributed by atoms with Crippen molar-refractivity contribution < 1.29 is 14.3 Å². The van der Waals surface area contributed by atoms with E-state index in [4.69, 9.17) is 21.1 Å². The fourth-order valence-electron chi connectivity index (χ4n) is 2.77. The van der Waals surface area contributed by atoms with Gasteiger partial charge >= 0.3 is 0 Å². The second-order valence-corrected chi connectivity index (χ2v) is 7.36. The lowest BCUT2D eigenvalue weighted by molar-refractivity contribution is -0.111. The Morgan fingerprint density at radius 1 is 1.17 bits per heavy atom. The van der Waals surface area contributed by atoms with E-state index in [1.54, 1.807) is 23.9 Å². The van der Waals surface area contributed by atoms with Crippen molar-refractivity contribution in [3.63, 3.8) is 0 Å². The van der Waals surface area contributed by atoms with E-state index >= 15 is 0 Å². The first-order valence-electron chi connectivity index (χ1n) is 9.54. The maximum atomic E-state index is 12.2. The summed E-state index contributed by atoms with van der Waals surface area (Å²) in [5.41, 5.74) is 1.89. The number of benzene rings is 2. The van der Waals surface area contributed by atoms with Crippen molar-refractivity contribution in [2.45, 2.75) is 26.5 Å². The third-order valence-electron chi connectivity index (χ3n) is 4.13. The molecule has 0 atom stereocenters. The molecule has 1 N–H and O–H groups in total. The Balaban J connectivity index is 1.59. The molecule has 30 heavy (non-hydrogen) atoms. The van der Waals surface area contributed by atoms with Crippen molar-refractivity contribution >= 4 is 29.4 Å². The third kappa shape index (κ3) is 6.12. The van der Waals surface area contributed by atoms with Crippen LogP contribution in [0.3, 0.4) is 0 Å². The first kappa shape index (κ1) is 21.5. The van der Waals surface area contributed by atoms with Gasteiger partial charge in [0.1, 0.15) is 0 Å². The highest BCUT2D eigenvalue weighted by atomic mass is 35.5. The molecule has 156 valence electrons. The number of carbonyl (C=O) groups excluding carboxylic acids is 1. The second-order valence-electron chi connectivity index (χ2n) is 6.92. The first-order chi connectivity index (χ1) is 14.4. The van der Waals surface area contributed by atoms with Gasteiger partial charge in [0.05, 0.1) is 19.8 Å². The molecule has 3 rings (SSSR count). The second kappa shape index (κ2) is 9.98. The Bertz CT molecular complexity index is 1030. The number of amides is 1. The maximum absolute atomic E-state index is 12.2. The zero-order valence-electron chi connectivity index (χ0n) is 17.1. The van der Waals surface area contributed by atoms with Crippen LogP contribution >= 0.6 is 11.6 Å². The molecule has 0 fully saturated rings. The van der Waals surface area contributed by atoms with E-state index in [9.17, 15) is 4.79 Å². The number of rotatable bonds is 8. The summed E-state index contributed by atoms with van der Waals surface area (Å²) in [6.45, 7) is 4.50. The van der Waals surface area contributed by atoms with Crippen LogP contribution in [0.1, 0.15) is 25.0 Å². The molecule has 0 aliphatic carbocycles. The van der Waals surface area contributed by atoms with E-state index in [-0.39, 0.29) is 12.0 Å². The molecule has 0 saturated heterocycles. The lowest BCUT2D eigenvalue weighted by Gasteiger charge is -2.13. The molecule has 0 saturated carbocycles. The molecule has 0 spiro atoms. The van der Waals surface area contributed by atoms with E-state index in [0.29, 0.717) is 28.9 Å². The Morgan fingerprint density at radius 3 is 2.63 bits per heavy atom. The van der Waals surface area contributed by atoms with E-state index < -0.39 is 0 Å². The van der Waals surface area contributed by atoms with Gasteiger partial charge in [-0.05, 0) is 55.3 Å². The van der Waals surface area contributed by atoms with E-state index in [1.165, 1.54) is 6.08 Å². The summed E-state index contributed by atoms with van der Waals surface area (Å²) in [5, 5.41) is 7.82. The number of carbonyl (C=O) groups is 1. The molecule has 2 aromatic carbocycles. The van der Waals surface area contributed by atoms with E-state index in [2.05, 4.69) is 10.4 Å². The van der Waals surface area contributed by atoms with Crippen molar-refractivity contribution in [2.75, 3.05) is 12.4 Å². The van der Waals surface area contributed by atoms with Gasteiger partial charge in [-0.3, -0.25) is 9.48 Å². The number of hydrogen-bond acceptors (Lipinski definition) is 4. The summed E-state index contributed by atoms with van der Waals surface area (Å²) >= 11 is 5.90. The van der Waals surface area contributed by atoms with E-state index in [1.807, 2.05) is 62.5 Å². The molecule has 0 radical (unpaired) electrons. The minimum absolute atomic E-state index is 0.0468. The molecule has 1 amide bonds. The molecular weight excluding hydrogens is 402 g/mol. The average Bonchev–Trinajstić information content (AvgIpc) is 3.15. The monoisotopic (exact) mass is 425 g/mol. The van der Waals surface area contributed by atoms with Gasteiger partial charge in [-0.2, -0.15) is 5.10 Å². The lowest BCUT2D eigenvalue weighted by atomic mass is 10.2. The van der Waals surface area contributed by atoms with Crippen LogP contribution in [0.25, 0.3) is 6.08 Å². The zero-order valence-corrected chi connectivity index (χ0v) is 17.9. The van der Waals surface area contributed by atoms with Crippen LogP contribution in [0.15, 0.2) is 60.8 Å². The van der Waals surface area contributed by atoms with Gasteiger partial charge in [0.2, 0.25) is 5.91 Å². The highest BCUT2D eigenvalue weighted by Gasteiger charge is 2.07. The smallest absolute Gasteiger partial charge is 0.249 e. The Hall–Kier alpha value is -3.25. The number of methoxy groups -OCH3 is 1. The zero-order chi connectivity index (χ0) is 21.5.